The summed E-state index contributed by atoms with van der Waals surface area (Å²) in [6.45, 7) is 2.65. The summed E-state index contributed by atoms with van der Waals surface area (Å²) in [6, 6.07) is 8.66. The monoisotopic (exact) mass is 487 g/mol. The Morgan fingerprint density at radius 3 is 2.43 bits per heavy atom. The smallest absolute Gasteiger partial charge is 0.339 e. The van der Waals surface area contributed by atoms with Crippen molar-refractivity contribution in [3.05, 3.63) is 70.7 Å². The van der Waals surface area contributed by atoms with Gasteiger partial charge in [-0.1, -0.05) is 38.5 Å². The SMILES string of the molecule is CCCc1nc2ccccc2c(C(=O)OCC(=O)NCC(=O)Nc2ccc(F)c(F)c2F)c1CC. The molecule has 0 spiro atoms. The predicted molar refractivity (Wildman–Crippen MR) is 123 cm³/mol. The Hall–Kier alpha value is -3.95. The van der Waals surface area contributed by atoms with Crippen LogP contribution in [0.1, 0.15) is 41.9 Å². The van der Waals surface area contributed by atoms with Crippen LogP contribution in [0.25, 0.3) is 10.9 Å². The first-order valence-electron chi connectivity index (χ1n) is 11.0. The molecule has 2 N–H and O–H groups in total. The zero-order valence-electron chi connectivity index (χ0n) is 19.2. The molecule has 10 heteroatoms. The van der Waals surface area contributed by atoms with Crippen molar-refractivity contribution in [3.63, 3.8) is 0 Å². The van der Waals surface area contributed by atoms with Crippen molar-refractivity contribution >= 4 is 34.4 Å². The summed E-state index contributed by atoms with van der Waals surface area (Å²) in [5, 5.41) is 4.86. The van der Waals surface area contributed by atoms with Gasteiger partial charge in [-0.05, 0) is 36.6 Å². The Morgan fingerprint density at radius 1 is 0.971 bits per heavy atom. The van der Waals surface area contributed by atoms with Crippen molar-refractivity contribution in [1.82, 2.24) is 10.3 Å². The summed E-state index contributed by atoms with van der Waals surface area (Å²) in [5.41, 5.74) is 1.97. The van der Waals surface area contributed by atoms with Crippen molar-refractivity contribution in [2.75, 3.05) is 18.5 Å². The van der Waals surface area contributed by atoms with Gasteiger partial charge in [-0.15, -0.1) is 0 Å². The first-order chi connectivity index (χ1) is 16.8. The molecule has 0 aliphatic heterocycles. The lowest BCUT2D eigenvalue weighted by Crippen LogP contribution is -2.35. The highest BCUT2D eigenvalue weighted by Crippen LogP contribution is 2.26. The predicted octanol–water partition coefficient (Wildman–Crippen LogP) is 4.08. The van der Waals surface area contributed by atoms with E-state index in [4.69, 9.17) is 4.74 Å². The van der Waals surface area contributed by atoms with E-state index in [2.05, 4.69) is 10.3 Å². The summed E-state index contributed by atoms with van der Waals surface area (Å²) in [5.74, 6) is -7.03. The molecule has 0 bridgehead atoms. The quantitative estimate of drug-likeness (QED) is 0.350. The third kappa shape index (κ3) is 5.95. The average molecular weight is 487 g/mol. The number of rotatable bonds is 9. The van der Waals surface area contributed by atoms with Crippen LogP contribution in [0.3, 0.4) is 0 Å². The number of nitrogens with zero attached hydrogens (tertiary/aromatic N) is 1. The Balaban J connectivity index is 1.64. The number of aryl methyl sites for hydroxylation is 1. The maximum absolute atomic E-state index is 13.7. The van der Waals surface area contributed by atoms with Crippen LogP contribution < -0.4 is 10.6 Å². The number of fused-ring (bicyclic) bond motifs is 1. The molecule has 1 aromatic heterocycles. The molecule has 3 aromatic rings. The first kappa shape index (κ1) is 25.7. The molecule has 0 radical (unpaired) electrons. The number of carbonyl (C=O) groups excluding carboxylic acids is 3. The van der Waals surface area contributed by atoms with Crippen molar-refractivity contribution < 1.29 is 32.3 Å². The molecule has 0 aliphatic rings. The second-order valence-corrected chi connectivity index (χ2v) is 7.66. The van der Waals surface area contributed by atoms with Crippen molar-refractivity contribution in [1.29, 1.82) is 0 Å². The summed E-state index contributed by atoms with van der Waals surface area (Å²) in [7, 11) is 0. The van der Waals surface area contributed by atoms with E-state index < -0.39 is 54.1 Å². The summed E-state index contributed by atoms with van der Waals surface area (Å²) < 4.78 is 45.1. The molecule has 0 atom stereocenters. The van der Waals surface area contributed by atoms with Gasteiger partial charge in [-0.3, -0.25) is 14.6 Å². The number of carbonyl (C=O) groups is 3. The van der Waals surface area contributed by atoms with E-state index in [1.165, 1.54) is 0 Å². The normalized spacial score (nSPS) is 10.8. The topological polar surface area (TPSA) is 97.4 Å². The molecule has 0 aliphatic carbocycles. The number of nitrogens with one attached hydrogen (secondary N) is 2. The number of amides is 2. The molecular formula is C25H24F3N3O4. The Bertz CT molecular complexity index is 1280. The summed E-state index contributed by atoms with van der Waals surface area (Å²) >= 11 is 0. The standard InChI is InChI=1S/C25H24F3N3O4/c1-3-7-17-14(4-2)22(15-8-5-6-9-18(15)30-17)25(34)35-13-21(33)29-12-20(32)31-19-11-10-16(26)23(27)24(19)28/h5-6,8-11H,3-4,7,12-13H2,1-2H3,(H,29,33)(H,31,32). The van der Waals surface area contributed by atoms with E-state index in [0.717, 1.165) is 23.7 Å². The Labute approximate surface area is 199 Å². The fourth-order valence-corrected chi connectivity index (χ4v) is 3.61. The van der Waals surface area contributed by atoms with Gasteiger partial charge in [-0.25, -0.2) is 18.0 Å². The molecule has 2 amide bonds. The summed E-state index contributed by atoms with van der Waals surface area (Å²) in [4.78, 5) is 41.7. The molecule has 3 rings (SSSR count). The van der Waals surface area contributed by atoms with Crippen LogP contribution in [0.5, 0.6) is 0 Å². The molecule has 0 fully saturated rings. The number of ether oxygens (including phenoxy) is 1. The molecule has 7 nitrogen and oxygen atoms in total. The summed E-state index contributed by atoms with van der Waals surface area (Å²) in [6.07, 6.45) is 2.07. The number of hydrogen-bond donors (Lipinski definition) is 2. The minimum Gasteiger partial charge on any atom is -0.452 e. The number of para-hydroxylation sites is 1. The number of esters is 1. The van der Waals surface area contributed by atoms with Gasteiger partial charge in [0.25, 0.3) is 5.91 Å². The van der Waals surface area contributed by atoms with Crippen molar-refractivity contribution in [2.24, 2.45) is 0 Å². The molecule has 0 saturated heterocycles. The second kappa shape index (κ2) is 11.5. The van der Waals surface area contributed by atoms with E-state index in [1.54, 1.807) is 18.2 Å². The number of benzene rings is 2. The Kier molecular flexibility index (Phi) is 8.40. The van der Waals surface area contributed by atoms with Crippen LogP contribution in [0, 0.1) is 17.5 Å². The second-order valence-electron chi connectivity index (χ2n) is 7.66. The molecule has 184 valence electrons. The van der Waals surface area contributed by atoms with Gasteiger partial charge in [0.1, 0.15) is 0 Å². The highest BCUT2D eigenvalue weighted by atomic mass is 19.2. The van der Waals surface area contributed by atoms with E-state index in [1.807, 2.05) is 25.2 Å². The third-order valence-electron chi connectivity index (χ3n) is 5.21. The molecule has 0 saturated carbocycles. The van der Waals surface area contributed by atoms with Crippen molar-refractivity contribution in [3.8, 4) is 0 Å². The fourth-order valence-electron chi connectivity index (χ4n) is 3.61. The Morgan fingerprint density at radius 2 is 1.71 bits per heavy atom. The maximum atomic E-state index is 13.7. The maximum Gasteiger partial charge on any atom is 0.339 e. The first-order valence-corrected chi connectivity index (χ1v) is 11.0. The van der Waals surface area contributed by atoms with Gasteiger partial charge in [0.15, 0.2) is 24.1 Å². The average Bonchev–Trinajstić information content (AvgIpc) is 2.85. The number of pyridine rings is 1. The van der Waals surface area contributed by atoms with E-state index in [-0.39, 0.29) is 0 Å². The third-order valence-corrected chi connectivity index (χ3v) is 5.21. The lowest BCUT2D eigenvalue weighted by Gasteiger charge is -2.15. The van der Waals surface area contributed by atoms with Gasteiger partial charge in [0.05, 0.1) is 23.3 Å². The number of halogens is 3. The highest BCUT2D eigenvalue weighted by molar-refractivity contribution is 6.05. The molecular weight excluding hydrogens is 463 g/mol. The minimum atomic E-state index is -1.73. The lowest BCUT2D eigenvalue weighted by atomic mass is 9.96. The van der Waals surface area contributed by atoms with Crippen LogP contribution >= 0.6 is 0 Å². The van der Waals surface area contributed by atoms with Gasteiger partial charge < -0.3 is 15.4 Å². The molecule has 1 heterocycles. The van der Waals surface area contributed by atoms with Crippen LogP contribution in [0.4, 0.5) is 18.9 Å². The van der Waals surface area contributed by atoms with Gasteiger partial charge in [-0.2, -0.15) is 0 Å². The highest BCUT2D eigenvalue weighted by Gasteiger charge is 2.21. The largest absolute Gasteiger partial charge is 0.452 e. The number of aromatic nitrogens is 1. The van der Waals surface area contributed by atoms with Gasteiger partial charge in [0.2, 0.25) is 5.91 Å². The zero-order valence-corrected chi connectivity index (χ0v) is 19.2. The van der Waals surface area contributed by atoms with Gasteiger partial charge >= 0.3 is 5.97 Å². The number of hydrogen-bond acceptors (Lipinski definition) is 5. The van der Waals surface area contributed by atoms with E-state index >= 15 is 0 Å². The molecule has 35 heavy (non-hydrogen) atoms. The lowest BCUT2D eigenvalue weighted by molar-refractivity contribution is -0.126. The van der Waals surface area contributed by atoms with Gasteiger partial charge in [0, 0.05) is 11.1 Å². The van der Waals surface area contributed by atoms with E-state index in [0.29, 0.717) is 35.4 Å². The van der Waals surface area contributed by atoms with Crippen LogP contribution in [0.2, 0.25) is 0 Å². The van der Waals surface area contributed by atoms with Crippen LogP contribution in [0.15, 0.2) is 36.4 Å². The van der Waals surface area contributed by atoms with E-state index in [9.17, 15) is 27.6 Å². The zero-order chi connectivity index (χ0) is 25.5. The fraction of sp³-hybridized carbons (Fsp3) is 0.280. The molecule has 0 unspecified atom stereocenters. The van der Waals surface area contributed by atoms with Crippen molar-refractivity contribution in [2.45, 2.75) is 33.1 Å². The minimum absolute atomic E-state index is 0.348. The van der Waals surface area contributed by atoms with Crippen LogP contribution in [-0.4, -0.2) is 35.9 Å². The number of anilines is 1. The molecule has 2 aromatic carbocycles. The van der Waals surface area contributed by atoms with Crippen LogP contribution in [-0.2, 0) is 27.2 Å².